The van der Waals surface area contributed by atoms with E-state index in [0.29, 0.717) is 38.2 Å². The second kappa shape index (κ2) is 10.6. The molecule has 1 amide bonds. The van der Waals surface area contributed by atoms with Gasteiger partial charge in [0.05, 0.1) is 5.69 Å². The number of nitrogens with two attached hydrogens (primary N) is 1. The smallest absolute Gasteiger partial charge is 0.411 e. The Labute approximate surface area is 189 Å². The molecule has 0 radical (unpaired) electrons. The maximum absolute atomic E-state index is 12.5. The lowest BCUT2D eigenvalue weighted by Gasteiger charge is -2.33. The van der Waals surface area contributed by atoms with Crippen LogP contribution < -0.4 is 11.1 Å². The number of piperidine rings is 1. The van der Waals surface area contributed by atoms with Crippen LogP contribution in [-0.4, -0.2) is 54.3 Å². The molecule has 7 nitrogen and oxygen atoms in total. The molecule has 1 unspecified atom stereocenters. The summed E-state index contributed by atoms with van der Waals surface area (Å²) in [5.41, 5.74) is 8.13. The zero-order chi connectivity index (χ0) is 23.1. The quantitative estimate of drug-likeness (QED) is 0.660. The molecule has 3 rings (SSSR count). The van der Waals surface area contributed by atoms with Gasteiger partial charge in [0.1, 0.15) is 17.7 Å². The van der Waals surface area contributed by atoms with E-state index in [2.05, 4.69) is 10.2 Å². The number of para-hydroxylation sites is 1. The van der Waals surface area contributed by atoms with Crippen molar-refractivity contribution in [1.29, 1.82) is 0 Å². The molecule has 0 bridgehead atoms. The van der Waals surface area contributed by atoms with E-state index in [1.54, 1.807) is 0 Å². The first kappa shape index (κ1) is 23.8. The van der Waals surface area contributed by atoms with Crippen molar-refractivity contribution in [2.24, 2.45) is 5.73 Å². The molecule has 1 heterocycles. The highest BCUT2D eigenvalue weighted by Crippen LogP contribution is 2.28. The van der Waals surface area contributed by atoms with E-state index in [4.69, 9.17) is 15.2 Å². The molecule has 0 aromatic heterocycles. The first-order valence-corrected chi connectivity index (χ1v) is 11.0. The second-order valence-electron chi connectivity index (χ2n) is 9.08. The Balaban J connectivity index is 1.47. The van der Waals surface area contributed by atoms with Crippen LogP contribution in [0.1, 0.15) is 33.6 Å². The average Bonchev–Trinajstić information content (AvgIpc) is 2.75. The van der Waals surface area contributed by atoms with Crippen LogP contribution in [0.15, 0.2) is 54.6 Å². The maximum Gasteiger partial charge on any atom is 0.411 e. The highest BCUT2D eigenvalue weighted by Gasteiger charge is 2.27. The Kier molecular flexibility index (Phi) is 7.88. The summed E-state index contributed by atoms with van der Waals surface area (Å²) in [6.07, 6.45) is 0.744. The zero-order valence-electron chi connectivity index (χ0n) is 19.0. The van der Waals surface area contributed by atoms with Crippen LogP contribution in [0, 0.1) is 0 Å². The fourth-order valence-corrected chi connectivity index (χ4v) is 3.69. The largest absolute Gasteiger partial charge is 0.459 e. The lowest BCUT2D eigenvalue weighted by atomic mass is 10.0. The molecule has 1 saturated heterocycles. The number of hydrogen-bond donors (Lipinski definition) is 2. The third-order valence-electron chi connectivity index (χ3n) is 5.22. The van der Waals surface area contributed by atoms with Crippen LogP contribution in [0.2, 0.25) is 0 Å². The van der Waals surface area contributed by atoms with Crippen LogP contribution in [-0.2, 0) is 14.3 Å². The fraction of sp³-hybridized carbons (Fsp3) is 0.440. The highest BCUT2D eigenvalue weighted by molar-refractivity contribution is 5.91. The van der Waals surface area contributed by atoms with Gasteiger partial charge in [0.25, 0.3) is 0 Å². The van der Waals surface area contributed by atoms with Gasteiger partial charge in [-0.3, -0.25) is 10.1 Å². The highest BCUT2D eigenvalue weighted by atomic mass is 16.6. The summed E-state index contributed by atoms with van der Waals surface area (Å²) in [6, 6.07) is 16.9. The fourth-order valence-electron chi connectivity index (χ4n) is 3.69. The van der Waals surface area contributed by atoms with Crippen LogP contribution in [0.4, 0.5) is 10.5 Å². The summed E-state index contributed by atoms with van der Waals surface area (Å²) in [5, 5.41) is 2.88. The average molecular weight is 440 g/mol. The molecule has 1 aliphatic heterocycles. The Bertz CT molecular complexity index is 903. The van der Waals surface area contributed by atoms with Crippen molar-refractivity contribution in [2.75, 3.05) is 25.0 Å². The summed E-state index contributed by atoms with van der Waals surface area (Å²) in [6.45, 7) is 7.31. The van der Waals surface area contributed by atoms with Gasteiger partial charge in [0.15, 0.2) is 0 Å². The van der Waals surface area contributed by atoms with E-state index in [0.717, 1.165) is 11.1 Å². The number of likely N-dealkylation sites (tertiary alicyclic amines) is 1. The van der Waals surface area contributed by atoms with Gasteiger partial charge >= 0.3 is 12.1 Å². The minimum atomic E-state index is -0.690. The molecule has 0 saturated carbocycles. The van der Waals surface area contributed by atoms with E-state index in [1.807, 2.05) is 75.4 Å². The van der Waals surface area contributed by atoms with Crippen LogP contribution in [0.5, 0.6) is 0 Å². The van der Waals surface area contributed by atoms with Gasteiger partial charge in [0, 0.05) is 25.2 Å². The molecular formula is C25H33N3O4. The van der Waals surface area contributed by atoms with E-state index >= 15 is 0 Å². The van der Waals surface area contributed by atoms with Gasteiger partial charge < -0.3 is 20.1 Å². The molecule has 0 spiro atoms. The number of carbonyl (C=O) groups is 2. The Hall–Kier alpha value is -2.90. The molecule has 2 aromatic rings. The number of esters is 1. The van der Waals surface area contributed by atoms with Crippen molar-refractivity contribution >= 4 is 17.7 Å². The molecule has 7 heteroatoms. The van der Waals surface area contributed by atoms with E-state index in [9.17, 15) is 9.59 Å². The number of anilines is 1. The first-order chi connectivity index (χ1) is 15.2. The molecule has 0 aliphatic carbocycles. The summed E-state index contributed by atoms with van der Waals surface area (Å²) in [5.74, 6) is -0.396. The van der Waals surface area contributed by atoms with Crippen molar-refractivity contribution in [3.63, 3.8) is 0 Å². The van der Waals surface area contributed by atoms with Gasteiger partial charge in [-0.15, -0.1) is 0 Å². The molecule has 3 N–H and O–H groups in total. The van der Waals surface area contributed by atoms with Gasteiger partial charge in [0.2, 0.25) is 0 Å². The summed E-state index contributed by atoms with van der Waals surface area (Å²) in [4.78, 5) is 26.7. The molecular weight excluding hydrogens is 406 g/mol. The third-order valence-corrected chi connectivity index (χ3v) is 5.22. The minimum Gasteiger partial charge on any atom is -0.459 e. The van der Waals surface area contributed by atoms with Crippen molar-refractivity contribution in [3.8, 4) is 11.1 Å². The van der Waals surface area contributed by atoms with Crippen molar-refractivity contribution in [1.82, 2.24) is 4.90 Å². The van der Waals surface area contributed by atoms with Crippen LogP contribution in [0.3, 0.4) is 0 Å². The molecule has 1 aliphatic rings. The lowest BCUT2D eigenvalue weighted by molar-refractivity contribution is -0.157. The number of benzene rings is 2. The monoisotopic (exact) mass is 439 g/mol. The zero-order valence-corrected chi connectivity index (χ0v) is 19.0. The molecule has 1 fully saturated rings. The number of rotatable bonds is 6. The maximum atomic E-state index is 12.5. The first-order valence-electron chi connectivity index (χ1n) is 11.0. The predicted molar refractivity (Wildman–Crippen MR) is 125 cm³/mol. The van der Waals surface area contributed by atoms with Crippen molar-refractivity contribution in [3.05, 3.63) is 54.6 Å². The third kappa shape index (κ3) is 7.07. The summed E-state index contributed by atoms with van der Waals surface area (Å²) in [7, 11) is 0. The number of amides is 1. The Morgan fingerprint density at radius 1 is 1.06 bits per heavy atom. The normalized spacial score (nSPS) is 16.2. The number of ether oxygens (including phenoxy) is 2. The standard InChI is InChI=1S/C25H33N3O4/c1-25(2,3)32-23(29)21(26)17-28-15-13-19(14-16-28)31-24(30)27-22-12-8-7-11-20(22)18-9-5-4-6-10-18/h4-12,19,21H,13-17,26H2,1-3H3,(H,27,30). The lowest BCUT2D eigenvalue weighted by Crippen LogP contribution is -2.48. The van der Waals surface area contributed by atoms with Gasteiger partial charge in [-0.25, -0.2) is 4.79 Å². The SMILES string of the molecule is CC(C)(C)OC(=O)C(N)CN1CCC(OC(=O)Nc2ccccc2-c2ccccc2)CC1. The van der Waals surface area contributed by atoms with E-state index in [1.165, 1.54) is 0 Å². The van der Waals surface area contributed by atoms with Gasteiger partial charge in [-0.05, 0) is 45.2 Å². The van der Waals surface area contributed by atoms with E-state index in [-0.39, 0.29) is 6.10 Å². The molecule has 1 atom stereocenters. The minimum absolute atomic E-state index is 0.173. The molecule has 2 aromatic carbocycles. The number of nitrogens with one attached hydrogen (secondary N) is 1. The number of carbonyl (C=O) groups excluding carboxylic acids is 2. The topological polar surface area (TPSA) is 93.9 Å². The number of nitrogens with zero attached hydrogens (tertiary/aromatic N) is 1. The van der Waals surface area contributed by atoms with E-state index < -0.39 is 23.7 Å². The summed E-state index contributed by atoms with van der Waals surface area (Å²) < 4.78 is 11.0. The van der Waals surface area contributed by atoms with Crippen LogP contribution in [0.25, 0.3) is 11.1 Å². The molecule has 32 heavy (non-hydrogen) atoms. The second-order valence-corrected chi connectivity index (χ2v) is 9.08. The van der Waals surface area contributed by atoms with Crippen LogP contribution >= 0.6 is 0 Å². The van der Waals surface area contributed by atoms with Gasteiger partial charge in [-0.1, -0.05) is 48.5 Å². The summed E-state index contributed by atoms with van der Waals surface area (Å²) >= 11 is 0. The molecule has 172 valence electrons. The Morgan fingerprint density at radius 2 is 1.69 bits per heavy atom. The van der Waals surface area contributed by atoms with Crippen molar-refractivity contribution in [2.45, 2.75) is 51.4 Å². The van der Waals surface area contributed by atoms with Crippen molar-refractivity contribution < 1.29 is 19.1 Å². The van der Waals surface area contributed by atoms with Gasteiger partial charge in [-0.2, -0.15) is 0 Å². The number of hydrogen-bond acceptors (Lipinski definition) is 6. The Morgan fingerprint density at radius 3 is 2.34 bits per heavy atom. The predicted octanol–water partition coefficient (Wildman–Crippen LogP) is 4.04.